The average Bonchev–Trinajstić information content (AvgIpc) is 3.29. The van der Waals surface area contributed by atoms with Gasteiger partial charge in [-0.25, -0.2) is 4.79 Å². The van der Waals surface area contributed by atoms with Crippen molar-refractivity contribution in [2.45, 2.75) is 63.7 Å². The molecule has 0 spiro atoms. The molecular weight excluding hydrogens is 274 g/mol. The highest BCUT2D eigenvalue weighted by Crippen LogP contribution is 2.33. The third-order valence-electron chi connectivity index (χ3n) is 4.06. The van der Waals surface area contributed by atoms with Crippen molar-refractivity contribution in [1.29, 1.82) is 0 Å². The number of carbonyl (C=O) groups excluding carboxylic acids is 1. The Morgan fingerprint density at radius 2 is 2.10 bits per heavy atom. The van der Waals surface area contributed by atoms with Crippen LogP contribution in [0, 0.1) is 5.92 Å². The topological polar surface area (TPSA) is 84.9 Å². The number of amides is 1. The van der Waals surface area contributed by atoms with Crippen molar-refractivity contribution in [3.63, 3.8) is 0 Å². The minimum absolute atomic E-state index is 0.0516. The van der Waals surface area contributed by atoms with Crippen LogP contribution in [-0.2, 0) is 19.1 Å². The van der Waals surface area contributed by atoms with E-state index >= 15 is 0 Å². The van der Waals surface area contributed by atoms with Crippen molar-refractivity contribution < 1.29 is 24.2 Å². The molecule has 2 aliphatic rings. The summed E-state index contributed by atoms with van der Waals surface area (Å²) in [6.45, 7) is 2.78. The van der Waals surface area contributed by atoms with E-state index in [0.717, 1.165) is 38.7 Å². The van der Waals surface area contributed by atoms with E-state index in [2.05, 4.69) is 5.32 Å². The zero-order chi connectivity index (χ0) is 15.2. The average molecular weight is 299 g/mol. The van der Waals surface area contributed by atoms with E-state index in [1.807, 2.05) is 0 Å². The van der Waals surface area contributed by atoms with Crippen LogP contribution in [0.2, 0.25) is 0 Å². The molecule has 6 nitrogen and oxygen atoms in total. The van der Waals surface area contributed by atoms with E-state index in [9.17, 15) is 9.59 Å². The SMILES string of the molecule is CC(OCC1CCCCO1)C(=O)NC(CC1CC1)C(=O)O. The van der Waals surface area contributed by atoms with Gasteiger partial charge in [0.2, 0.25) is 5.91 Å². The summed E-state index contributed by atoms with van der Waals surface area (Å²) in [6, 6.07) is -0.804. The largest absolute Gasteiger partial charge is 0.480 e. The summed E-state index contributed by atoms with van der Waals surface area (Å²) < 4.78 is 11.1. The highest BCUT2D eigenvalue weighted by Gasteiger charge is 2.31. The maximum atomic E-state index is 12.0. The lowest BCUT2D eigenvalue weighted by atomic mass is 10.1. The molecule has 1 saturated carbocycles. The van der Waals surface area contributed by atoms with Gasteiger partial charge in [-0.3, -0.25) is 4.79 Å². The molecule has 3 atom stereocenters. The first-order valence-electron chi connectivity index (χ1n) is 7.82. The molecule has 2 rings (SSSR count). The van der Waals surface area contributed by atoms with Gasteiger partial charge in [0.25, 0.3) is 0 Å². The standard InChI is InChI=1S/C15H25NO5/c1-10(21-9-12-4-2-3-7-20-12)14(17)16-13(15(18)19)8-11-5-6-11/h10-13H,2-9H2,1H3,(H,16,17)(H,18,19). The van der Waals surface area contributed by atoms with Crippen LogP contribution in [0.4, 0.5) is 0 Å². The lowest BCUT2D eigenvalue weighted by Gasteiger charge is -2.24. The number of hydrogen-bond acceptors (Lipinski definition) is 4. The van der Waals surface area contributed by atoms with E-state index in [1.165, 1.54) is 0 Å². The molecule has 0 radical (unpaired) electrons. The second-order valence-corrected chi connectivity index (χ2v) is 6.04. The number of rotatable bonds is 8. The Balaban J connectivity index is 1.70. The van der Waals surface area contributed by atoms with E-state index in [-0.39, 0.29) is 12.0 Å². The molecule has 1 heterocycles. The molecule has 2 N–H and O–H groups in total. The molecule has 0 aromatic carbocycles. The number of carbonyl (C=O) groups is 2. The molecule has 1 saturated heterocycles. The molecule has 21 heavy (non-hydrogen) atoms. The number of ether oxygens (including phenoxy) is 2. The van der Waals surface area contributed by atoms with Gasteiger partial charge >= 0.3 is 5.97 Å². The van der Waals surface area contributed by atoms with Crippen LogP contribution in [0.3, 0.4) is 0 Å². The highest BCUT2D eigenvalue weighted by atomic mass is 16.5. The van der Waals surface area contributed by atoms with Crippen molar-refractivity contribution >= 4 is 11.9 Å². The Kier molecular flexibility index (Phi) is 5.99. The molecule has 2 fully saturated rings. The van der Waals surface area contributed by atoms with Crippen LogP contribution in [0.25, 0.3) is 0 Å². The van der Waals surface area contributed by atoms with Gasteiger partial charge in [0, 0.05) is 6.61 Å². The van der Waals surface area contributed by atoms with Crippen molar-refractivity contribution in [3.05, 3.63) is 0 Å². The molecule has 6 heteroatoms. The number of aliphatic carboxylic acids is 1. The Bertz CT molecular complexity index is 363. The van der Waals surface area contributed by atoms with Crippen LogP contribution in [-0.4, -0.2) is 48.4 Å². The first kappa shape index (κ1) is 16.2. The Morgan fingerprint density at radius 1 is 1.33 bits per heavy atom. The van der Waals surface area contributed by atoms with E-state index < -0.39 is 18.1 Å². The molecule has 1 aliphatic heterocycles. The van der Waals surface area contributed by atoms with Crippen LogP contribution < -0.4 is 5.32 Å². The number of carboxylic acid groups (broad SMARTS) is 1. The Labute approximate surface area is 125 Å². The number of nitrogens with one attached hydrogen (secondary N) is 1. The maximum absolute atomic E-state index is 12.0. The quantitative estimate of drug-likeness (QED) is 0.706. The molecule has 3 unspecified atom stereocenters. The molecule has 1 amide bonds. The third-order valence-corrected chi connectivity index (χ3v) is 4.06. The van der Waals surface area contributed by atoms with Gasteiger partial charge in [0.1, 0.15) is 12.1 Å². The summed E-state index contributed by atoms with van der Waals surface area (Å²) in [7, 11) is 0. The first-order chi connectivity index (χ1) is 10.1. The maximum Gasteiger partial charge on any atom is 0.326 e. The predicted octanol–water partition coefficient (Wildman–Crippen LogP) is 1.33. The third kappa shape index (κ3) is 5.63. The van der Waals surface area contributed by atoms with Crippen molar-refractivity contribution in [2.75, 3.05) is 13.2 Å². The Hall–Kier alpha value is -1.14. The van der Waals surface area contributed by atoms with Crippen LogP contribution >= 0.6 is 0 Å². The molecule has 0 bridgehead atoms. The minimum Gasteiger partial charge on any atom is -0.480 e. The molecule has 120 valence electrons. The summed E-state index contributed by atoms with van der Waals surface area (Å²) in [5, 5.41) is 11.7. The summed E-state index contributed by atoms with van der Waals surface area (Å²) >= 11 is 0. The fourth-order valence-corrected chi connectivity index (χ4v) is 2.46. The summed E-state index contributed by atoms with van der Waals surface area (Å²) in [5.74, 6) is -0.893. The molecule has 0 aromatic heterocycles. The highest BCUT2D eigenvalue weighted by molar-refractivity contribution is 5.86. The van der Waals surface area contributed by atoms with E-state index in [4.69, 9.17) is 14.6 Å². The first-order valence-corrected chi connectivity index (χ1v) is 7.82. The van der Waals surface area contributed by atoms with E-state index in [0.29, 0.717) is 18.9 Å². The van der Waals surface area contributed by atoms with Gasteiger partial charge in [-0.15, -0.1) is 0 Å². The van der Waals surface area contributed by atoms with Crippen molar-refractivity contribution in [3.8, 4) is 0 Å². The molecule has 1 aliphatic carbocycles. The van der Waals surface area contributed by atoms with Crippen molar-refractivity contribution in [2.24, 2.45) is 5.92 Å². The lowest BCUT2D eigenvalue weighted by Crippen LogP contribution is -2.46. The zero-order valence-corrected chi connectivity index (χ0v) is 12.5. The fourth-order valence-electron chi connectivity index (χ4n) is 2.46. The van der Waals surface area contributed by atoms with Crippen LogP contribution in [0.1, 0.15) is 45.4 Å². The van der Waals surface area contributed by atoms with Gasteiger partial charge in [0.15, 0.2) is 0 Å². The zero-order valence-electron chi connectivity index (χ0n) is 12.5. The fraction of sp³-hybridized carbons (Fsp3) is 0.867. The monoisotopic (exact) mass is 299 g/mol. The second-order valence-electron chi connectivity index (χ2n) is 6.04. The van der Waals surface area contributed by atoms with Gasteiger partial charge in [-0.05, 0) is 38.5 Å². The number of carboxylic acids is 1. The summed E-state index contributed by atoms with van der Waals surface area (Å²) in [6.07, 6.45) is 5.18. The smallest absolute Gasteiger partial charge is 0.326 e. The van der Waals surface area contributed by atoms with Gasteiger partial charge in [-0.2, -0.15) is 0 Å². The normalized spacial score (nSPS) is 25.1. The van der Waals surface area contributed by atoms with E-state index in [1.54, 1.807) is 6.92 Å². The number of hydrogen-bond donors (Lipinski definition) is 2. The van der Waals surface area contributed by atoms with Crippen LogP contribution in [0.15, 0.2) is 0 Å². The van der Waals surface area contributed by atoms with Gasteiger partial charge in [-0.1, -0.05) is 12.8 Å². The lowest BCUT2D eigenvalue weighted by molar-refractivity contribution is -0.145. The second kappa shape index (κ2) is 7.75. The Morgan fingerprint density at radius 3 is 2.67 bits per heavy atom. The van der Waals surface area contributed by atoms with Gasteiger partial charge in [0.05, 0.1) is 12.7 Å². The molecule has 0 aromatic rings. The van der Waals surface area contributed by atoms with Gasteiger partial charge < -0.3 is 19.9 Å². The van der Waals surface area contributed by atoms with Crippen molar-refractivity contribution in [1.82, 2.24) is 5.32 Å². The molecular formula is C15H25NO5. The predicted molar refractivity (Wildman–Crippen MR) is 75.9 cm³/mol. The van der Waals surface area contributed by atoms with Crippen LogP contribution in [0.5, 0.6) is 0 Å². The minimum atomic E-state index is -0.974. The summed E-state index contributed by atoms with van der Waals surface area (Å²) in [4.78, 5) is 23.1. The summed E-state index contributed by atoms with van der Waals surface area (Å²) in [5.41, 5.74) is 0.